The molecule has 2 aromatic carbocycles. The third-order valence-electron chi connectivity index (χ3n) is 4.54. The molecule has 0 spiro atoms. The minimum atomic E-state index is -3.62. The Morgan fingerprint density at radius 3 is 2.38 bits per heavy atom. The zero-order valence-corrected chi connectivity index (χ0v) is 15.4. The van der Waals surface area contributed by atoms with Crippen molar-refractivity contribution in [1.82, 2.24) is 4.31 Å². The fourth-order valence-electron chi connectivity index (χ4n) is 2.94. The Balaban J connectivity index is 1.84. The fourth-order valence-corrected chi connectivity index (χ4v) is 4.48. The summed E-state index contributed by atoms with van der Waals surface area (Å²) in [6.07, 6.45) is 2.56. The molecule has 3 rings (SSSR count). The highest BCUT2D eigenvalue weighted by molar-refractivity contribution is 7.89. The van der Waals surface area contributed by atoms with Crippen LogP contribution in [0.25, 0.3) is 0 Å². The summed E-state index contributed by atoms with van der Waals surface area (Å²) in [6, 6.07) is 11.1. The summed E-state index contributed by atoms with van der Waals surface area (Å²) in [5.74, 6) is -0.581. The largest absolute Gasteiger partial charge is 0.506 e. The second-order valence-electron chi connectivity index (χ2n) is 6.29. The van der Waals surface area contributed by atoms with Crippen molar-refractivity contribution >= 4 is 21.6 Å². The Hall–Kier alpha value is -2.38. The number of hydrogen-bond donors (Lipinski definition) is 2. The van der Waals surface area contributed by atoms with Gasteiger partial charge in [0.05, 0.1) is 10.6 Å². The van der Waals surface area contributed by atoms with Crippen LogP contribution in [0, 0.1) is 0 Å². The highest BCUT2D eigenvalue weighted by Crippen LogP contribution is 2.29. The molecule has 0 unspecified atom stereocenters. The van der Waals surface area contributed by atoms with E-state index in [-0.39, 0.29) is 16.3 Å². The number of amides is 1. The Kier molecular flexibility index (Phi) is 5.29. The van der Waals surface area contributed by atoms with E-state index in [1.54, 1.807) is 12.1 Å². The average molecular weight is 374 g/mol. The van der Waals surface area contributed by atoms with Crippen LogP contribution in [0.3, 0.4) is 0 Å². The van der Waals surface area contributed by atoms with E-state index in [4.69, 9.17) is 0 Å². The second kappa shape index (κ2) is 7.47. The van der Waals surface area contributed by atoms with Crippen molar-refractivity contribution in [3.63, 3.8) is 0 Å². The number of anilines is 1. The first-order valence-electron chi connectivity index (χ1n) is 8.65. The van der Waals surface area contributed by atoms with Gasteiger partial charge in [-0.25, -0.2) is 8.42 Å². The number of aromatic hydroxyl groups is 1. The zero-order valence-electron chi connectivity index (χ0n) is 14.6. The van der Waals surface area contributed by atoms with Crippen LogP contribution in [0.5, 0.6) is 5.75 Å². The van der Waals surface area contributed by atoms with Gasteiger partial charge in [0.2, 0.25) is 10.0 Å². The van der Waals surface area contributed by atoms with Gasteiger partial charge in [0.25, 0.3) is 5.91 Å². The molecule has 1 saturated heterocycles. The molecule has 0 atom stereocenters. The Morgan fingerprint density at radius 2 is 1.77 bits per heavy atom. The molecule has 0 saturated carbocycles. The lowest BCUT2D eigenvalue weighted by atomic mass is 10.1. The van der Waals surface area contributed by atoms with Gasteiger partial charge < -0.3 is 10.4 Å². The molecule has 1 heterocycles. The molecule has 1 aliphatic heterocycles. The minimum Gasteiger partial charge on any atom is -0.506 e. The normalized spacial score (nSPS) is 15.1. The number of carbonyl (C=O) groups excluding carboxylic acids is 1. The van der Waals surface area contributed by atoms with Gasteiger partial charge in [-0.05, 0) is 55.2 Å². The first-order valence-corrected chi connectivity index (χ1v) is 10.1. The number of aryl methyl sites for hydroxylation is 1. The molecule has 1 aliphatic rings. The lowest BCUT2D eigenvalue weighted by Crippen LogP contribution is -2.28. The number of rotatable bonds is 5. The van der Waals surface area contributed by atoms with E-state index < -0.39 is 15.9 Å². The molecule has 138 valence electrons. The number of nitrogens with zero attached hydrogens (tertiary/aromatic N) is 1. The van der Waals surface area contributed by atoms with Crippen LogP contribution >= 0.6 is 0 Å². The lowest BCUT2D eigenvalue weighted by molar-refractivity contribution is 0.102. The molecule has 7 heteroatoms. The van der Waals surface area contributed by atoms with Crippen LogP contribution in [-0.4, -0.2) is 36.8 Å². The Morgan fingerprint density at radius 1 is 1.12 bits per heavy atom. The lowest BCUT2D eigenvalue weighted by Gasteiger charge is -2.16. The van der Waals surface area contributed by atoms with Crippen molar-refractivity contribution in [1.29, 1.82) is 0 Å². The van der Waals surface area contributed by atoms with Crippen LogP contribution in [0.1, 0.15) is 35.7 Å². The zero-order chi connectivity index (χ0) is 18.7. The molecule has 0 aromatic heterocycles. The number of carbonyl (C=O) groups is 1. The van der Waals surface area contributed by atoms with E-state index in [9.17, 15) is 18.3 Å². The highest BCUT2D eigenvalue weighted by Gasteiger charge is 2.28. The van der Waals surface area contributed by atoms with Crippen molar-refractivity contribution in [2.45, 2.75) is 31.1 Å². The molecule has 1 fully saturated rings. The van der Waals surface area contributed by atoms with Crippen LogP contribution < -0.4 is 5.32 Å². The molecular formula is C19H22N2O4S. The summed E-state index contributed by atoms with van der Waals surface area (Å²) in [4.78, 5) is 12.5. The van der Waals surface area contributed by atoms with Crippen LogP contribution in [-0.2, 0) is 16.4 Å². The number of benzene rings is 2. The van der Waals surface area contributed by atoms with E-state index in [0.29, 0.717) is 18.7 Å². The minimum absolute atomic E-state index is 0.0637. The van der Waals surface area contributed by atoms with Crippen molar-refractivity contribution in [2.75, 3.05) is 18.4 Å². The number of hydrogen-bond acceptors (Lipinski definition) is 4. The first-order chi connectivity index (χ1) is 12.4. The van der Waals surface area contributed by atoms with E-state index in [2.05, 4.69) is 5.32 Å². The predicted molar refractivity (Wildman–Crippen MR) is 99.9 cm³/mol. The van der Waals surface area contributed by atoms with Gasteiger partial charge in [0, 0.05) is 18.7 Å². The Bertz CT molecular complexity index is 902. The van der Waals surface area contributed by atoms with Crippen LogP contribution in [0.15, 0.2) is 47.4 Å². The molecule has 2 N–H and O–H groups in total. The summed E-state index contributed by atoms with van der Waals surface area (Å²) in [7, 11) is -3.62. The van der Waals surface area contributed by atoms with Crippen molar-refractivity contribution in [3.05, 3.63) is 53.6 Å². The standard InChI is InChI=1S/C19H22N2O4S/c1-2-14-5-7-15(8-6-14)19(23)20-17-13-16(9-10-18(17)22)26(24,25)21-11-3-4-12-21/h5-10,13,22H,2-4,11-12H2,1H3,(H,20,23). The summed E-state index contributed by atoms with van der Waals surface area (Å²) >= 11 is 0. The summed E-state index contributed by atoms with van der Waals surface area (Å²) in [5.41, 5.74) is 1.63. The van der Waals surface area contributed by atoms with Crippen LogP contribution in [0.2, 0.25) is 0 Å². The molecule has 0 aliphatic carbocycles. The number of sulfonamides is 1. The van der Waals surface area contributed by atoms with Crippen molar-refractivity contribution < 1.29 is 18.3 Å². The van der Waals surface area contributed by atoms with Crippen molar-refractivity contribution in [3.8, 4) is 5.75 Å². The molecule has 2 aromatic rings. The summed E-state index contributed by atoms with van der Waals surface area (Å²) in [6.45, 7) is 3.02. The molecule has 0 radical (unpaired) electrons. The third kappa shape index (κ3) is 3.73. The number of nitrogens with one attached hydrogen (secondary N) is 1. The van der Waals surface area contributed by atoms with Gasteiger partial charge in [-0.3, -0.25) is 4.79 Å². The van der Waals surface area contributed by atoms with Gasteiger partial charge in [0.1, 0.15) is 5.75 Å². The molecular weight excluding hydrogens is 352 g/mol. The molecule has 1 amide bonds. The van der Waals surface area contributed by atoms with E-state index in [0.717, 1.165) is 24.8 Å². The second-order valence-corrected chi connectivity index (χ2v) is 8.23. The maximum absolute atomic E-state index is 12.7. The highest BCUT2D eigenvalue weighted by atomic mass is 32.2. The average Bonchev–Trinajstić information content (AvgIpc) is 3.19. The fraction of sp³-hybridized carbons (Fsp3) is 0.316. The van der Waals surface area contributed by atoms with Gasteiger partial charge in [-0.2, -0.15) is 4.31 Å². The first kappa shape index (κ1) is 18.4. The molecule has 6 nitrogen and oxygen atoms in total. The number of phenols is 1. The maximum Gasteiger partial charge on any atom is 0.255 e. The molecule has 0 bridgehead atoms. The summed E-state index contributed by atoms with van der Waals surface area (Å²) < 4.78 is 26.7. The maximum atomic E-state index is 12.7. The summed E-state index contributed by atoms with van der Waals surface area (Å²) in [5, 5.41) is 12.6. The topological polar surface area (TPSA) is 86.7 Å². The number of phenolic OH excluding ortho intramolecular Hbond substituents is 1. The third-order valence-corrected chi connectivity index (χ3v) is 6.44. The monoisotopic (exact) mass is 374 g/mol. The van der Waals surface area contributed by atoms with Gasteiger partial charge in [-0.1, -0.05) is 19.1 Å². The van der Waals surface area contributed by atoms with E-state index in [1.807, 2.05) is 19.1 Å². The quantitative estimate of drug-likeness (QED) is 0.788. The molecule has 26 heavy (non-hydrogen) atoms. The van der Waals surface area contributed by atoms with Gasteiger partial charge in [-0.15, -0.1) is 0 Å². The SMILES string of the molecule is CCc1ccc(C(=O)Nc2cc(S(=O)(=O)N3CCCC3)ccc2O)cc1. The van der Waals surface area contributed by atoms with E-state index >= 15 is 0 Å². The van der Waals surface area contributed by atoms with Gasteiger partial charge >= 0.3 is 0 Å². The van der Waals surface area contributed by atoms with E-state index in [1.165, 1.54) is 22.5 Å². The predicted octanol–water partition coefficient (Wildman–Crippen LogP) is 2.99. The Labute approximate surface area is 153 Å². The van der Waals surface area contributed by atoms with Crippen molar-refractivity contribution in [2.24, 2.45) is 0 Å². The van der Waals surface area contributed by atoms with Crippen LogP contribution in [0.4, 0.5) is 5.69 Å². The van der Waals surface area contributed by atoms with Gasteiger partial charge in [0.15, 0.2) is 0 Å². The smallest absolute Gasteiger partial charge is 0.255 e.